The Morgan fingerprint density at radius 3 is 2.63 bits per heavy atom. The lowest BCUT2D eigenvalue weighted by Crippen LogP contribution is -2.52. The van der Waals surface area contributed by atoms with E-state index in [-0.39, 0.29) is 22.1 Å². The Morgan fingerprint density at radius 1 is 1.34 bits per heavy atom. The van der Waals surface area contributed by atoms with Gasteiger partial charge in [0.25, 0.3) is 12.3 Å². The normalized spacial score (nSPS) is 24.9. The molecule has 0 bridgehead atoms. The molecule has 3 N–H and O–H groups in total. The average Bonchev–Trinajstić information content (AvgIpc) is 2.78. The lowest BCUT2D eigenvalue weighted by molar-refractivity contribution is 0.0573. The monoisotopic (exact) mass is 504 g/mol. The standard InChI is InChI=1S/C25H27F3N4O2S/c1-7-14(3)34-17-10-13(2)20(30-12-17)21(33)31-16-8-9-19(26)18(11-16)24(5)15(4)25(6,22(27)28)35-23(29)32-24/h1,8-12,14-15,22H,2-6H3,(H2,29,32)(H,31,33)/t14-,15?,24-,25-/m0/s1. The molecule has 0 saturated carbocycles. The van der Waals surface area contributed by atoms with E-state index in [4.69, 9.17) is 16.9 Å². The summed E-state index contributed by atoms with van der Waals surface area (Å²) in [5, 5.41) is 2.64. The van der Waals surface area contributed by atoms with Crippen molar-refractivity contribution in [3.05, 3.63) is 53.1 Å². The topological polar surface area (TPSA) is 89.6 Å². The number of terminal acetylenes is 1. The Labute approximate surface area is 206 Å². The van der Waals surface area contributed by atoms with Crippen molar-refractivity contribution in [3.63, 3.8) is 0 Å². The Morgan fingerprint density at radius 2 is 2.03 bits per heavy atom. The molecule has 1 amide bonds. The summed E-state index contributed by atoms with van der Waals surface area (Å²) in [5.74, 6) is 0.901. The number of pyridine rings is 1. The molecule has 0 spiro atoms. The van der Waals surface area contributed by atoms with Crippen molar-refractivity contribution in [1.82, 2.24) is 4.98 Å². The third-order valence-electron chi connectivity index (χ3n) is 6.39. The largest absolute Gasteiger partial charge is 0.476 e. The van der Waals surface area contributed by atoms with Crippen LogP contribution < -0.4 is 15.8 Å². The van der Waals surface area contributed by atoms with E-state index in [1.165, 1.54) is 25.3 Å². The average molecular weight is 505 g/mol. The molecular weight excluding hydrogens is 477 g/mol. The summed E-state index contributed by atoms with van der Waals surface area (Å²) in [5.41, 5.74) is 5.50. The summed E-state index contributed by atoms with van der Waals surface area (Å²) in [7, 11) is 0. The summed E-state index contributed by atoms with van der Waals surface area (Å²) in [6.45, 7) is 7.95. The molecule has 2 aromatic rings. The number of alkyl halides is 2. The van der Waals surface area contributed by atoms with Crippen LogP contribution in [-0.4, -0.2) is 33.3 Å². The number of amidine groups is 1. The fourth-order valence-corrected chi connectivity index (χ4v) is 5.20. The van der Waals surface area contributed by atoms with E-state index in [0.29, 0.717) is 11.3 Å². The quantitative estimate of drug-likeness (QED) is 0.533. The number of nitrogens with two attached hydrogens (primary N) is 1. The highest BCUT2D eigenvalue weighted by Crippen LogP contribution is 2.52. The zero-order valence-electron chi connectivity index (χ0n) is 20.0. The number of anilines is 1. The van der Waals surface area contributed by atoms with Gasteiger partial charge in [-0.1, -0.05) is 24.6 Å². The number of rotatable bonds is 6. The number of nitrogens with one attached hydrogen (secondary N) is 1. The molecule has 3 rings (SSSR count). The lowest BCUT2D eigenvalue weighted by atomic mass is 9.74. The number of benzene rings is 1. The number of hydrogen-bond acceptors (Lipinski definition) is 6. The van der Waals surface area contributed by atoms with Gasteiger partial charge >= 0.3 is 0 Å². The third-order valence-corrected chi connectivity index (χ3v) is 7.66. The minimum absolute atomic E-state index is 0.0506. The number of ether oxygens (including phenoxy) is 1. The first-order valence-corrected chi connectivity index (χ1v) is 11.7. The van der Waals surface area contributed by atoms with Gasteiger partial charge in [-0.25, -0.2) is 18.2 Å². The Kier molecular flexibility index (Phi) is 7.41. The first kappa shape index (κ1) is 26.4. The molecule has 1 unspecified atom stereocenters. The molecule has 6 nitrogen and oxygen atoms in total. The fraction of sp³-hybridized carbons (Fsp3) is 0.400. The number of carbonyl (C=O) groups excluding carboxylic acids is 1. The van der Waals surface area contributed by atoms with Crippen molar-refractivity contribution >= 4 is 28.5 Å². The fourth-order valence-electron chi connectivity index (χ4n) is 4.02. The molecule has 0 aliphatic carbocycles. The Bertz CT molecular complexity index is 1220. The number of amides is 1. The maximum atomic E-state index is 15.0. The van der Waals surface area contributed by atoms with Crippen molar-refractivity contribution in [2.45, 2.75) is 57.4 Å². The van der Waals surface area contributed by atoms with Crippen LogP contribution in [0.2, 0.25) is 0 Å². The maximum Gasteiger partial charge on any atom is 0.274 e. The summed E-state index contributed by atoms with van der Waals surface area (Å²) in [6.07, 6.45) is 3.52. The summed E-state index contributed by atoms with van der Waals surface area (Å²) in [4.78, 5) is 21.4. The molecule has 0 fully saturated rings. The van der Waals surface area contributed by atoms with Gasteiger partial charge in [0.2, 0.25) is 0 Å². The molecule has 35 heavy (non-hydrogen) atoms. The summed E-state index contributed by atoms with van der Waals surface area (Å²) in [6, 6.07) is 5.57. The van der Waals surface area contributed by atoms with Gasteiger partial charge in [0.1, 0.15) is 17.3 Å². The van der Waals surface area contributed by atoms with Crippen LogP contribution >= 0.6 is 11.8 Å². The molecule has 1 aliphatic rings. The molecule has 2 heterocycles. The molecule has 0 radical (unpaired) electrons. The molecule has 186 valence electrons. The number of aliphatic imine (C=N–C) groups is 1. The minimum Gasteiger partial charge on any atom is -0.476 e. The van der Waals surface area contributed by atoms with Crippen molar-refractivity contribution in [3.8, 4) is 18.1 Å². The minimum atomic E-state index is -2.72. The van der Waals surface area contributed by atoms with Crippen LogP contribution in [0, 0.1) is 31.0 Å². The number of carbonyl (C=O) groups is 1. The highest BCUT2D eigenvalue weighted by Gasteiger charge is 2.54. The van der Waals surface area contributed by atoms with Crippen LogP contribution in [0.4, 0.5) is 18.9 Å². The number of hydrogen-bond donors (Lipinski definition) is 2. The maximum absolute atomic E-state index is 15.0. The second-order valence-corrected chi connectivity index (χ2v) is 10.3. The first-order chi connectivity index (χ1) is 16.3. The Balaban J connectivity index is 1.92. The van der Waals surface area contributed by atoms with Gasteiger partial charge in [-0.05, 0) is 57.5 Å². The predicted molar refractivity (Wildman–Crippen MR) is 132 cm³/mol. The molecule has 4 atom stereocenters. The number of nitrogens with zero attached hydrogens (tertiary/aromatic N) is 2. The van der Waals surface area contributed by atoms with Crippen molar-refractivity contribution in [2.75, 3.05) is 5.32 Å². The number of thioether (sulfide) groups is 1. The molecule has 0 saturated heterocycles. The molecule has 1 aliphatic heterocycles. The van der Waals surface area contributed by atoms with Crippen LogP contribution in [0.3, 0.4) is 0 Å². The summed E-state index contributed by atoms with van der Waals surface area (Å²) >= 11 is 0.784. The SMILES string of the molecule is C#C[C@H](C)Oc1cnc(C(=O)Nc2ccc(F)c([C@@]3(C)N=C(N)S[C@](C)(C(F)F)C3C)c2)c(C)c1. The molecular formula is C25H27F3N4O2S. The Hall–Kier alpha value is -3.19. The highest BCUT2D eigenvalue weighted by atomic mass is 32.2. The number of aromatic nitrogens is 1. The van der Waals surface area contributed by atoms with E-state index >= 15 is 0 Å². The van der Waals surface area contributed by atoms with Crippen molar-refractivity contribution in [1.29, 1.82) is 0 Å². The van der Waals surface area contributed by atoms with E-state index in [9.17, 15) is 18.0 Å². The van der Waals surface area contributed by atoms with E-state index < -0.39 is 40.5 Å². The first-order valence-electron chi connectivity index (χ1n) is 10.8. The number of halogens is 3. The lowest BCUT2D eigenvalue weighted by Gasteiger charge is -2.46. The van der Waals surface area contributed by atoms with Gasteiger partial charge in [-0.15, -0.1) is 6.42 Å². The number of aryl methyl sites for hydroxylation is 1. The smallest absolute Gasteiger partial charge is 0.274 e. The van der Waals surface area contributed by atoms with Gasteiger partial charge < -0.3 is 15.8 Å². The molecule has 1 aromatic heterocycles. The van der Waals surface area contributed by atoms with Gasteiger partial charge in [0.05, 0.1) is 16.5 Å². The van der Waals surface area contributed by atoms with Crippen LogP contribution in [-0.2, 0) is 5.54 Å². The van der Waals surface area contributed by atoms with E-state index in [0.717, 1.165) is 17.8 Å². The zero-order chi connectivity index (χ0) is 26.1. The van der Waals surface area contributed by atoms with Crippen LogP contribution in [0.15, 0.2) is 35.5 Å². The highest BCUT2D eigenvalue weighted by molar-refractivity contribution is 8.15. The van der Waals surface area contributed by atoms with Gasteiger partial charge in [0, 0.05) is 17.2 Å². The second kappa shape index (κ2) is 9.82. The van der Waals surface area contributed by atoms with E-state index in [1.54, 1.807) is 33.8 Å². The van der Waals surface area contributed by atoms with Gasteiger partial charge in [0.15, 0.2) is 11.3 Å². The van der Waals surface area contributed by atoms with Crippen LogP contribution in [0.5, 0.6) is 5.75 Å². The van der Waals surface area contributed by atoms with E-state index in [1.807, 2.05) is 0 Å². The van der Waals surface area contributed by atoms with Crippen LogP contribution in [0.25, 0.3) is 0 Å². The van der Waals surface area contributed by atoms with Crippen molar-refractivity contribution < 1.29 is 22.7 Å². The summed E-state index contributed by atoms with van der Waals surface area (Å²) < 4.78 is 46.9. The zero-order valence-corrected chi connectivity index (χ0v) is 20.8. The predicted octanol–water partition coefficient (Wildman–Crippen LogP) is 5.12. The van der Waals surface area contributed by atoms with Crippen LogP contribution in [0.1, 0.15) is 49.3 Å². The van der Waals surface area contributed by atoms with Gasteiger partial charge in [-0.2, -0.15) is 0 Å². The second-order valence-electron chi connectivity index (χ2n) is 8.82. The van der Waals surface area contributed by atoms with E-state index in [2.05, 4.69) is 21.2 Å². The third kappa shape index (κ3) is 5.10. The van der Waals surface area contributed by atoms with Gasteiger partial charge in [-0.3, -0.25) is 9.79 Å². The van der Waals surface area contributed by atoms with Crippen molar-refractivity contribution in [2.24, 2.45) is 16.6 Å². The molecule has 10 heteroatoms. The molecule has 1 aromatic carbocycles.